The average molecular weight is 247 g/mol. The minimum absolute atomic E-state index is 0.479. The summed E-state index contributed by atoms with van der Waals surface area (Å²) in [5.41, 5.74) is 3.65. The lowest BCUT2D eigenvalue weighted by molar-refractivity contribution is 0.309. The zero-order valence-corrected chi connectivity index (χ0v) is 12.1. The Kier molecular flexibility index (Phi) is 4.33. The first-order chi connectivity index (χ1) is 8.61. The molecule has 2 rings (SSSR count). The van der Waals surface area contributed by atoms with Crippen LogP contribution in [0.1, 0.15) is 54.9 Å². The van der Waals surface area contributed by atoms with E-state index in [1.165, 1.54) is 36.2 Å². The van der Waals surface area contributed by atoms with Gasteiger partial charge in [-0.1, -0.05) is 26.2 Å². The first-order valence-electron chi connectivity index (χ1n) is 7.10. The Morgan fingerprint density at radius 2 is 1.83 bits per heavy atom. The summed E-state index contributed by atoms with van der Waals surface area (Å²) in [7, 11) is 1.99. The molecule has 1 unspecified atom stereocenters. The highest BCUT2D eigenvalue weighted by atomic mass is 14.9. The SMILES string of the molecule is CNCC(C)c1c(C)nc(CC2CCC2)nc1C. The van der Waals surface area contributed by atoms with Gasteiger partial charge >= 0.3 is 0 Å². The number of nitrogens with zero attached hydrogens (tertiary/aromatic N) is 2. The highest BCUT2D eigenvalue weighted by molar-refractivity contribution is 5.28. The molecule has 0 radical (unpaired) electrons. The smallest absolute Gasteiger partial charge is 0.129 e. The van der Waals surface area contributed by atoms with Gasteiger partial charge in [0.2, 0.25) is 0 Å². The summed E-state index contributed by atoms with van der Waals surface area (Å²) in [5, 5.41) is 3.23. The number of rotatable bonds is 5. The third-order valence-corrected chi connectivity index (χ3v) is 4.07. The van der Waals surface area contributed by atoms with Crippen LogP contribution in [-0.2, 0) is 6.42 Å². The van der Waals surface area contributed by atoms with Crippen LogP contribution >= 0.6 is 0 Å². The molecule has 100 valence electrons. The van der Waals surface area contributed by atoms with E-state index in [2.05, 4.69) is 26.1 Å². The monoisotopic (exact) mass is 247 g/mol. The highest BCUT2D eigenvalue weighted by Gasteiger charge is 2.21. The van der Waals surface area contributed by atoms with E-state index in [-0.39, 0.29) is 0 Å². The van der Waals surface area contributed by atoms with Crippen molar-refractivity contribution < 1.29 is 0 Å². The third-order valence-electron chi connectivity index (χ3n) is 4.07. The molecule has 1 heterocycles. The molecule has 1 aromatic heterocycles. The van der Waals surface area contributed by atoms with Gasteiger partial charge in [0.05, 0.1) is 0 Å². The van der Waals surface area contributed by atoms with Crippen LogP contribution in [0.5, 0.6) is 0 Å². The predicted octanol–water partition coefficient (Wildman–Crippen LogP) is 2.76. The molecular formula is C15H25N3. The molecule has 0 bridgehead atoms. The van der Waals surface area contributed by atoms with Crippen LogP contribution in [0, 0.1) is 19.8 Å². The van der Waals surface area contributed by atoms with Crippen molar-refractivity contribution in [2.75, 3.05) is 13.6 Å². The second kappa shape index (κ2) is 5.79. The van der Waals surface area contributed by atoms with Gasteiger partial charge in [0.25, 0.3) is 0 Å². The Morgan fingerprint density at radius 1 is 1.22 bits per heavy atom. The van der Waals surface area contributed by atoms with Crippen molar-refractivity contribution in [2.45, 2.75) is 52.4 Å². The summed E-state index contributed by atoms with van der Waals surface area (Å²) in [6.45, 7) is 7.47. The summed E-state index contributed by atoms with van der Waals surface area (Å²) >= 11 is 0. The summed E-state index contributed by atoms with van der Waals surface area (Å²) in [6, 6.07) is 0. The van der Waals surface area contributed by atoms with Crippen molar-refractivity contribution in [1.29, 1.82) is 0 Å². The Labute approximate surface area is 110 Å². The molecule has 0 aromatic carbocycles. The van der Waals surface area contributed by atoms with Crippen molar-refractivity contribution in [1.82, 2.24) is 15.3 Å². The second-order valence-corrected chi connectivity index (χ2v) is 5.68. The van der Waals surface area contributed by atoms with Gasteiger partial charge in [-0.25, -0.2) is 9.97 Å². The molecule has 3 heteroatoms. The topological polar surface area (TPSA) is 37.8 Å². The van der Waals surface area contributed by atoms with Crippen molar-refractivity contribution in [3.8, 4) is 0 Å². The zero-order valence-electron chi connectivity index (χ0n) is 12.1. The van der Waals surface area contributed by atoms with Crippen molar-refractivity contribution in [3.05, 3.63) is 22.8 Å². The normalized spacial score (nSPS) is 17.6. The quantitative estimate of drug-likeness (QED) is 0.869. The summed E-state index contributed by atoms with van der Waals surface area (Å²) in [5.74, 6) is 2.37. The van der Waals surface area contributed by atoms with Crippen LogP contribution in [0.3, 0.4) is 0 Å². The minimum Gasteiger partial charge on any atom is -0.319 e. The lowest BCUT2D eigenvalue weighted by Gasteiger charge is -2.25. The number of hydrogen-bond donors (Lipinski definition) is 1. The van der Waals surface area contributed by atoms with Crippen molar-refractivity contribution >= 4 is 0 Å². The largest absolute Gasteiger partial charge is 0.319 e. The van der Waals surface area contributed by atoms with Gasteiger partial charge in [0.15, 0.2) is 0 Å². The fourth-order valence-corrected chi connectivity index (χ4v) is 2.96. The minimum atomic E-state index is 0.479. The molecule has 1 aromatic rings. The Hall–Kier alpha value is -0.960. The predicted molar refractivity (Wildman–Crippen MR) is 74.9 cm³/mol. The van der Waals surface area contributed by atoms with Gasteiger partial charge in [0, 0.05) is 24.4 Å². The highest BCUT2D eigenvalue weighted by Crippen LogP contribution is 2.29. The molecule has 1 aliphatic rings. The van der Waals surface area contributed by atoms with Gasteiger partial charge in [-0.15, -0.1) is 0 Å². The number of nitrogens with one attached hydrogen (secondary N) is 1. The molecule has 1 saturated carbocycles. The van der Waals surface area contributed by atoms with Gasteiger partial charge < -0.3 is 5.32 Å². The van der Waals surface area contributed by atoms with Gasteiger partial charge in [-0.2, -0.15) is 0 Å². The third kappa shape index (κ3) is 2.89. The lowest BCUT2D eigenvalue weighted by Crippen LogP contribution is -2.20. The summed E-state index contributed by atoms with van der Waals surface area (Å²) in [4.78, 5) is 9.44. The zero-order chi connectivity index (χ0) is 13.1. The number of hydrogen-bond acceptors (Lipinski definition) is 3. The molecular weight excluding hydrogens is 222 g/mol. The van der Waals surface area contributed by atoms with Gasteiger partial charge in [-0.05, 0) is 38.3 Å². The van der Waals surface area contributed by atoms with E-state index in [1.807, 2.05) is 7.05 Å². The van der Waals surface area contributed by atoms with E-state index in [0.717, 1.165) is 24.7 Å². The van der Waals surface area contributed by atoms with E-state index >= 15 is 0 Å². The van der Waals surface area contributed by atoms with Crippen LogP contribution in [0.2, 0.25) is 0 Å². The molecule has 1 aliphatic carbocycles. The van der Waals surface area contributed by atoms with Crippen LogP contribution in [0.4, 0.5) is 0 Å². The van der Waals surface area contributed by atoms with E-state index in [4.69, 9.17) is 9.97 Å². The van der Waals surface area contributed by atoms with Crippen LogP contribution in [0.15, 0.2) is 0 Å². The Bertz CT molecular complexity index is 387. The standard InChI is InChI=1S/C15H25N3/c1-10(9-16-4)15-11(2)17-14(18-12(15)3)8-13-6-5-7-13/h10,13,16H,5-9H2,1-4H3. The van der Waals surface area contributed by atoms with E-state index in [1.54, 1.807) is 0 Å². The maximum atomic E-state index is 4.72. The molecule has 0 saturated heterocycles. The molecule has 18 heavy (non-hydrogen) atoms. The molecule has 1 atom stereocenters. The second-order valence-electron chi connectivity index (χ2n) is 5.68. The summed E-state index contributed by atoms with van der Waals surface area (Å²) < 4.78 is 0. The van der Waals surface area contributed by atoms with Crippen molar-refractivity contribution in [3.63, 3.8) is 0 Å². The average Bonchev–Trinajstić information content (AvgIpc) is 2.23. The molecule has 1 fully saturated rings. The maximum absolute atomic E-state index is 4.72. The molecule has 1 N–H and O–H groups in total. The first-order valence-corrected chi connectivity index (χ1v) is 7.10. The van der Waals surface area contributed by atoms with E-state index < -0.39 is 0 Å². The maximum Gasteiger partial charge on any atom is 0.129 e. The number of likely N-dealkylation sites (N-methyl/N-ethyl adjacent to an activating group) is 1. The molecule has 0 aliphatic heterocycles. The van der Waals surface area contributed by atoms with Gasteiger partial charge in [0.1, 0.15) is 5.82 Å². The first kappa shape index (κ1) is 13.5. The fourth-order valence-electron chi connectivity index (χ4n) is 2.96. The molecule has 0 spiro atoms. The van der Waals surface area contributed by atoms with Crippen molar-refractivity contribution in [2.24, 2.45) is 5.92 Å². The van der Waals surface area contributed by atoms with Crippen LogP contribution in [0.25, 0.3) is 0 Å². The molecule has 3 nitrogen and oxygen atoms in total. The summed E-state index contributed by atoms with van der Waals surface area (Å²) in [6.07, 6.45) is 5.18. The van der Waals surface area contributed by atoms with Crippen LogP contribution < -0.4 is 5.32 Å². The van der Waals surface area contributed by atoms with E-state index in [9.17, 15) is 0 Å². The van der Waals surface area contributed by atoms with E-state index in [0.29, 0.717) is 5.92 Å². The van der Waals surface area contributed by atoms with Gasteiger partial charge in [-0.3, -0.25) is 0 Å². The lowest BCUT2D eigenvalue weighted by atomic mass is 9.83. The number of aryl methyl sites for hydroxylation is 2. The Morgan fingerprint density at radius 3 is 2.28 bits per heavy atom. The fraction of sp³-hybridized carbons (Fsp3) is 0.733. The van der Waals surface area contributed by atoms with Crippen LogP contribution in [-0.4, -0.2) is 23.6 Å². The Balaban J connectivity index is 2.17. The number of aromatic nitrogens is 2. The molecule has 0 amide bonds.